The van der Waals surface area contributed by atoms with Crippen LogP contribution >= 0.6 is 11.3 Å². The quantitative estimate of drug-likeness (QED) is 0.934. The molecule has 98 valence electrons. The molecule has 1 aliphatic carbocycles. The Balaban J connectivity index is 1.68. The van der Waals surface area contributed by atoms with Crippen LogP contribution in [0, 0.1) is 0 Å². The maximum absolute atomic E-state index is 11.9. The van der Waals surface area contributed by atoms with Gasteiger partial charge < -0.3 is 0 Å². The Bertz CT molecular complexity index is 563. The van der Waals surface area contributed by atoms with Crippen molar-refractivity contribution in [2.75, 3.05) is 5.32 Å². The van der Waals surface area contributed by atoms with Gasteiger partial charge in [-0.1, -0.05) is 24.2 Å². The predicted octanol–water partition coefficient (Wildman–Crippen LogP) is 2.84. The molecule has 19 heavy (non-hydrogen) atoms. The number of pyridine rings is 1. The molecule has 0 atom stereocenters. The van der Waals surface area contributed by atoms with Crippen LogP contribution < -0.4 is 5.32 Å². The maximum Gasteiger partial charge on any atom is 0.259 e. The highest BCUT2D eigenvalue weighted by Gasteiger charge is 2.21. The van der Waals surface area contributed by atoms with Gasteiger partial charge in [-0.2, -0.15) is 0 Å². The Kier molecular flexibility index (Phi) is 3.50. The molecule has 1 aliphatic rings. The number of hydrogen-bond donors (Lipinski definition) is 1. The molecule has 2 aromatic rings. The highest BCUT2D eigenvalue weighted by atomic mass is 32.1. The molecular weight excluding hydrogens is 260 g/mol. The third kappa shape index (κ3) is 2.78. The first-order chi connectivity index (χ1) is 9.33. The number of hydrogen-bond acceptors (Lipinski definition) is 5. The second kappa shape index (κ2) is 5.44. The van der Waals surface area contributed by atoms with Gasteiger partial charge in [0.05, 0.1) is 5.56 Å². The van der Waals surface area contributed by atoms with E-state index in [-0.39, 0.29) is 5.91 Å². The molecule has 0 bridgehead atoms. The Morgan fingerprint density at radius 2 is 2.16 bits per heavy atom. The first kappa shape index (κ1) is 12.2. The fraction of sp³-hybridized carbons (Fsp3) is 0.385. The third-order valence-electron chi connectivity index (χ3n) is 3.29. The zero-order valence-corrected chi connectivity index (χ0v) is 11.2. The summed E-state index contributed by atoms with van der Waals surface area (Å²) >= 11 is 1.48. The largest absolute Gasteiger partial charge is 0.296 e. The van der Waals surface area contributed by atoms with Crippen molar-refractivity contribution in [3.63, 3.8) is 0 Å². The van der Waals surface area contributed by atoms with Crippen LogP contribution in [-0.2, 0) is 0 Å². The van der Waals surface area contributed by atoms with Crippen molar-refractivity contribution in [1.29, 1.82) is 0 Å². The number of aromatic nitrogens is 3. The number of rotatable bonds is 3. The predicted molar refractivity (Wildman–Crippen MR) is 73.3 cm³/mol. The van der Waals surface area contributed by atoms with Crippen molar-refractivity contribution in [3.8, 4) is 0 Å². The van der Waals surface area contributed by atoms with Gasteiger partial charge in [0, 0.05) is 18.3 Å². The summed E-state index contributed by atoms with van der Waals surface area (Å²) in [6.07, 6.45) is 8.08. The van der Waals surface area contributed by atoms with Gasteiger partial charge in [0.1, 0.15) is 5.01 Å². The molecule has 2 heterocycles. The molecule has 1 N–H and O–H groups in total. The van der Waals surface area contributed by atoms with Crippen LogP contribution in [0.15, 0.2) is 24.5 Å². The van der Waals surface area contributed by atoms with Crippen LogP contribution in [0.2, 0.25) is 0 Å². The van der Waals surface area contributed by atoms with Gasteiger partial charge >= 0.3 is 0 Å². The van der Waals surface area contributed by atoms with Crippen molar-refractivity contribution < 1.29 is 4.79 Å². The van der Waals surface area contributed by atoms with Crippen molar-refractivity contribution in [2.45, 2.75) is 31.6 Å². The van der Waals surface area contributed by atoms with Gasteiger partial charge in [0.15, 0.2) is 0 Å². The maximum atomic E-state index is 11.9. The number of anilines is 1. The summed E-state index contributed by atoms with van der Waals surface area (Å²) in [5, 5.41) is 12.6. The van der Waals surface area contributed by atoms with Crippen molar-refractivity contribution in [3.05, 3.63) is 35.1 Å². The molecule has 0 spiro atoms. The molecular formula is C13H14N4OS. The van der Waals surface area contributed by atoms with Crippen LogP contribution in [0.3, 0.4) is 0 Å². The molecule has 0 aromatic carbocycles. The van der Waals surface area contributed by atoms with Gasteiger partial charge in [-0.05, 0) is 25.0 Å². The summed E-state index contributed by atoms with van der Waals surface area (Å²) in [6, 6.07) is 3.46. The van der Waals surface area contributed by atoms with E-state index in [9.17, 15) is 4.79 Å². The highest BCUT2D eigenvalue weighted by molar-refractivity contribution is 7.15. The zero-order valence-electron chi connectivity index (χ0n) is 10.4. The fourth-order valence-electron chi connectivity index (χ4n) is 2.29. The standard InChI is InChI=1S/C13H14N4OS/c18-11(10-6-3-7-14-8-10)15-13-17-16-12(19-13)9-4-1-2-5-9/h3,6-9H,1-2,4-5H2,(H,15,17,18). The van der Waals surface area contributed by atoms with E-state index in [2.05, 4.69) is 20.5 Å². The van der Waals surface area contributed by atoms with E-state index in [1.165, 1.54) is 43.2 Å². The molecule has 1 saturated carbocycles. The molecule has 5 nitrogen and oxygen atoms in total. The molecule has 6 heteroatoms. The van der Waals surface area contributed by atoms with E-state index in [0.29, 0.717) is 16.6 Å². The molecule has 3 rings (SSSR count). The Labute approximate surface area is 115 Å². The second-order valence-electron chi connectivity index (χ2n) is 4.62. The average Bonchev–Trinajstić information content (AvgIpc) is 3.10. The lowest BCUT2D eigenvalue weighted by Crippen LogP contribution is -2.11. The summed E-state index contributed by atoms with van der Waals surface area (Å²) in [4.78, 5) is 15.9. The van der Waals surface area contributed by atoms with E-state index in [1.807, 2.05) is 0 Å². The average molecular weight is 274 g/mol. The number of nitrogens with one attached hydrogen (secondary N) is 1. The van der Waals surface area contributed by atoms with Gasteiger partial charge in [-0.3, -0.25) is 15.1 Å². The van der Waals surface area contributed by atoms with Gasteiger partial charge in [-0.15, -0.1) is 10.2 Å². The molecule has 1 fully saturated rings. The van der Waals surface area contributed by atoms with Gasteiger partial charge in [0.25, 0.3) is 5.91 Å². The smallest absolute Gasteiger partial charge is 0.259 e. The van der Waals surface area contributed by atoms with E-state index in [4.69, 9.17) is 0 Å². The van der Waals surface area contributed by atoms with Gasteiger partial charge in [0.2, 0.25) is 5.13 Å². The van der Waals surface area contributed by atoms with Crippen LogP contribution in [0.5, 0.6) is 0 Å². The third-order valence-corrected chi connectivity index (χ3v) is 4.29. The normalized spacial score (nSPS) is 15.6. The summed E-state index contributed by atoms with van der Waals surface area (Å²) in [6.45, 7) is 0. The lowest BCUT2D eigenvalue weighted by atomic mass is 10.1. The van der Waals surface area contributed by atoms with E-state index in [0.717, 1.165) is 5.01 Å². The first-order valence-electron chi connectivity index (χ1n) is 6.38. The van der Waals surface area contributed by atoms with Crippen LogP contribution in [0.1, 0.15) is 47.0 Å². The topological polar surface area (TPSA) is 67.8 Å². The zero-order chi connectivity index (χ0) is 13.1. The number of amides is 1. The Hall–Kier alpha value is -1.82. The monoisotopic (exact) mass is 274 g/mol. The number of nitrogens with zero attached hydrogens (tertiary/aromatic N) is 3. The first-order valence-corrected chi connectivity index (χ1v) is 7.19. The van der Waals surface area contributed by atoms with Crippen molar-refractivity contribution >= 4 is 22.4 Å². The SMILES string of the molecule is O=C(Nc1nnc(C2CCCC2)s1)c1cccnc1. The van der Waals surface area contributed by atoms with Crippen LogP contribution in [-0.4, -0.2) is 21.1 Å². The van der Waals surface area contributed by atoms with Crippen molar-refractivity contribution in [2.24, 2.45) is 0 Å². The fourth-order valence-corrected chi connectivity index (χ4v) is 3.20. The van der Waals surface area contributed by atoms with E-state index < -0.39 is 0 Å². The minimum Gasteiger partial charge on any atom is -0.296 e. The minimum absolute atomic E-state index is 0.192. The lowest BCUT2D eigenvalue weighted by molar-refractivity contribution is 0.102. The second-order valence-corrected chi connectivity index (χ2v) is 5.63. The molecule has 0 radical (unpaired) electrons. The number of carbonyl (C=O) groups excluding carboxylic acids is 1. The van der Waals surface area contributed by atoms with Crippen LogP contribution in [0.25, 0.3) is 0 Å². The summed E-state index contributed by atoms with van der Waals surface area (Å²) < 4.78 is 0. The van der Waals surface area contributed by atoms with Crippen molar-refractivity contribution in [1.82, 2.24) is 15.2 Å². The summed E-state index contributed by atoms with van der Waals surface area (Å²) in [5.41, 5.74) is 0.528. The number of carbonyl (C=O) groups is 1. The molecule has 1 amide bonds. The van der Waals surface area contributed by atoms with Gasteiger partial charge in [-0.25, -0.2) is 0 Å². The molecule has 0 aliphatic heterocycles. The summed E-state index contributed by atoms with van der Waals surface area (Å²) in [7, 11) is 0. The van der Waals surface area contributed by atoms with Crippen LogP contribution in [0.4, 0.5) is 5.13 Å². The molecule has 0 saturated heterocycles. The van der Waals surface area contributed by atoms with E-state index >= 15 is 0 Å². The lowest BCUT2D eigenvalue weighted by Gasteiger charge is -2.01. The highest BCUT2D eigenvalue weighted by Crippen LogP contribution is 2.36. The molecule has 2 aromatic heterocycles. The Morgan fingerprint density at radius 1 is 1.32 bits per heavy atom. The minimum atomic E-state index is -0.192. The van der Waals surface area contributed by atoms with E-state index in [1.54, 1.807) is 18.3 Å². The summed E-state index contributed by atoms with van der Waals surface area (Å²) in [5.74, 6) is 0.337. The Morgan fingerprint density at radius 3 is 2.89 bits per heavy atom. The molecule has 0 unspecified atom stereocenters.